The number of phenolic OH excluding ortho intramolecular Hbond substituents is 3. The molecule has 18 heteroatoms. The number of esters is 1. The van der Waals surface area contributed by atoms with Crippen molar-refractivity contribution in [3.8, 4) is 51.4 Å². The monoisotopic (exact) mass is 756 g/mol. The molecule has 2 saturated heterocycles. The van der Waals surface area contributed by atoms with Gasteiger partial charge in [-0.3, -0.25) is 4.79 Å². The van der Waals surface area contributed by atoms with Crippen LogP contribution in [0.5, 0.6) is 28.7 Å². The lowest BCUT2D eigenvalue weighted by Gasteiger charge is -2.40. The summed E-state index contributed by atoms with van der Waals surface area (Å²) < 4.78 is 34.2. The second-order valence-electron chi connectivity index (χ2n) is 12.5. The fourth-order valence-electron chi connectivity index (χ4n) is 5.75. The molecule has 2 aromatic rings. The summed E-state index contributed by atoms with van der Waals surface area (Å²) in [7, 11) is 0. The summed E-state index contributed by atoms with van der Waals surface area (Å²) in [6.07, 6.45) is -14.8. The number of benzene rings is 3. The van der Waals surface area contributed by atoms with Crippen LogP contribution in [0.1, 0.15) is 5.56 Å². The van der Waals surface area contributed by atoms with E-state index in [2.05, 4.69) is 0 Å². The smallest absolute Gasteiger partial charge is 0.330 e. The third-order valence-electron chi connectivity index (χ3n) is 8.72. The molecule has 10 N–H and O–H groups in total. The Morgan fingerprint density at radius 1 is 0.704 bits per heavy atom. The predicted molar refractivity (Wildman–Crippen MR) is 180 cm³/mol. The van der Waals surface area contributed by atoms with Gasteiger partial charge in [0.05, 0.1) is 12.2 Å². The molecule has 0 saturated carbocycles. The van der Waals surface area contributed by atoms with Crippen LogP contribution in [0.2, 0.25) is 0 Å². The molecule has 54 heavy (non-hydrogen) atoms. The molecule has 0 amide bonds. The Hall–Kier alpha value is -5.28. The van der Waals surface area contributed by atoms with Gasteiger partial charge in [-0.1, -0.05) is 6.07 Å². The first-order chi connectivity index (χ1) is 25.7. The van der Waals surface area contributed by atoms with Crippen LogP contribution in [0.15, 0.2) is 76.0 Å². The van der Waals surface area contributed by atoms with Crippen LogP contribution < -0.4 is 14.9 Å². The van der Waals surface area contributed by atoms with Crippen molar-refractivity contribution in [3.63, 3.8) is 0 Å². The normalized spacial score (nSPS) is 28.6. The van der Waals surface area contributed by atoms with Gasteiger partial charge in [-0.25, -0.2) is 4.79 Å². The maximum atomic E-state index is 12.8. The van der Waals surface area contributed by atoms with Crippen LogP contribution >= 0.6 is 0 Å². The second kappa shape index (κ2) is 16.0. The molecule has 10 atom stereocenters. The molecule has 0 spiro atoms. The fourth-order valence-corrected chi connectivity index (χ4v) is 5.75. The maximum Gasteiger partial charge on any atom is 0.330 e. The third kappa shape index (κ3) is 8.11. The summed E-state index contributed by atoms with van der Waals surface area (Å²) in [4.78, 5) is 25.2. The third-order valence-corrected chi connectivity index (χ3v) is 8.72. The fraction of sp³-hybridized carbons (Fsp3) is 0.333. The van der Waals surface area contributed by atoms with E-state index in [4.69, 9.17) is 28.1 Å². The van der Waals surface area contributed by atoms with Gasteiger partial charge in [-0.15, -0.1) is 0 Å². The van der Waals surface area contributed by atoms with E-state index in [0.29, 0.717) is 11.1 Å². The molecule has 6 rings (SSSR count). The van der Waals surface area contributed by atoms with Gasteiger partial charge in [-0.2, -0.15) is 0 Å². The predicted octanol–water partition coefficient (Wildman–Crippen LogP) is -0.850. The zero-order valence-electron chi connectivity index (χ0n) is 27.9. The number of carbonyl (C=O) groups excluding carboxylic acids is 1. The quantitative estimate of drug-likeness (QED) is 0.0535. The van der Waals surface area contributed by atoms with Gasteiger partial charge < -0.3 is 79.2 Å². The van der Waals surface area contributed by atoms with E-state index in [1.807, 2.05) is 0 Å². The Morgan fingerprint density at radius 3 is 1.98 bits per heavy atom. The number of hydrogen-bond donors (Lipinski definition) is 10. The standard InChI is InChI=1S/C36H36O18/c37-13-25-28(43)30(45)32(47)36(53-25)52-24-12-19-22(50-34(24)16-3-5-17(38)6-4-16)10-18(39)11-23(19)51-35-33(48)31(46)29(44)26(54-35)14-49-27(42)8-2-15-1-7-20(40)21(41)9-15/h1-12,25-26,28-33,35-38,40-41,43-48H,13-14H2/b8-2+. The molecule has 18 nitrogen and oxygen atoms in total. The largest absolute Gasteiger partial charge is 0.508 e. The summed E-state index contributed by atoms with van der Waals surface area (Å²) in [5.41, 5.74) is -0.00326. The Labute approximate surface area is 304 Å². The Balaban J connectivity index is 1.28. The first-order valence-electron chi connectivity index (χ1n) is 16.4. The molecule has 1 aliphatic carbocycles. The topological polar surface area (TPSA) is 296 Å². The molecule has 0 radical (unpaired) electrons. The summed E-state index contributed by atoms with van der Waals surface area (Å²) in [6.45, 7) is -1.38. The highest BCUT2D eigenvalue weighted by atomic mass is 16.7. The van der Waals surface area contributed by atoms with Crippen LogP contribution in [0.4, 0.5) is 0 Å². The number of aliphatic hydroxyl groups is 7. The van der Waals surface area contributed by atoms with E-state index in [9.17, 15) is 60.7 Å². The molecule has 3 heterocycles. The molecule has 0 aromatic heterocycles. The lowest BCUT2D eigenvalue weighted by atomic mass is 9.99. The molecule has 3 aliphatic heterocycles. The van der Waals surface area contributed by atoms with E-state index in [-0.39, 0.29) is 40.1 Å². The highest BCUT2D eigenvalue weighted by Gasteiger charge is 2.47. The number of rotatable bonds is 10. The van der Waals surface area contributed by atoms with Crippen molar-refractivity contribution in [3.05, 3.63) is 82.5 Å². The molecule has 4 aliphatic rings. The Kier molecular flexibility index (Phi) is 11.4. The highest BCUT2D eigenvalue weighted by molar-refractivity contribution is 5.87. The zero-order valence-corrected chi connectivity index (χ0v) is 27.9. The summed E-state index contributed by atoms with van der Waals surface area (Å²) in [6, 6.07) is 12.7. The molecule has 10 unspecified atom stereocenters. The maximum absolute atomic E-state index is 12.8. The molecular formula is C36H36O18. The van der Waals surface area contributed by atoms with Crippen molar-refractivity contribution in [2.45, 2.75) is 61.4 Å². The lowest BCUT2D eigenvalue weighted by molar-refractivity contribution is -0.278. The van der Waals surface area contributed by atoms with Gasteiger partial charge in [0.2, 0.25) is 12.6 Å². The van der Waals surface area contributed by atoms with Gasteiger partial charge >= 0.3 is 5.97 Å². The molecule has 288 valence electrons. The van der Waals surface area contributed by atoms with Crippen molar-refractivity contribution < 1.29 is 84.0 Å². The molecule has 2 aromatic carbocycles. The second-order valence-corrected chi connectivity index (χ2v) is 12.5. The Bertz CT molecular complexity index is 1990. The average Bonchev–Trinajstić information content (AvgIpc) is 3.15. The summed E-state index contributed by atoms with van der Waals surface area (Å²) >= 11 is 0. The van der Waals surface area contributed by atoms with Crippen LogP contribution in [0.25, 0.3) is 28.7 Å². The molecule has 0 bridgehead atoms. The first-order valence-corrected chi connectivity index (χ1v) is 16.4. The van der Waals surface area contributed by atoms with E-state index >= 15 is 0 Å². The van der Waals surface area contributed by atoms with Gasteiger partial charge in [0.1, 0.15) is 72.7 Å². The minimum absolute atomic E-state index is 0.00140. The average molecular weight is 757 g/mol. The Morgan fingerprint density at radius 2 is 1.33 bits per heavy atom. The number of aliphatic hydroxyl groups excluding tert-OH is 7. The van der Waals surface area contributed by atoms with Crippen molar-refractivity contribution >= 4 is 12.0 Å². The molecule has 2 fully saturated rings. The van der Waals surface area contributed by atoms with E-state index in [0.717, 1.165) is 18.2 Å². The van der Waals surface area contributed by atoms with Gasteiger partial charge in [0.15, 0.2) is 28.4 Å². The van der Waals surface area contributed by atoms with E-state index in [1.165, 1.54) is 54.6 Å². The van der Waals surface area contributed by atoms with Crippen molar-refractivity contribution in [2.75, 3.05) is 13.2 Å². The molecular weight excluding hydrogens is 720 g/mol. The van der Waals surface area contributed by atoms with Crippen LogP contribution in [-0.4, -0.2) is 132 Å². The van der Waals surface area contributed by atoms with Crippen molar-refractivity contribution in [1.29, 1.82) is 0 Å². The number of hydrogen-bond acceptors (Lipinski definition) is 18. The van der Waals surface area contributed by atoms with Gasteiger partial charge in [0.25, 0.3) is 0 Å². The highest BCUT2D eigenvalue weighted by Crippen LogP contribution is 2.43. The number of aromatic hydroxyl groups is 3. The zero-order chi connectivity index (χ0) is 38.8. The minimum atomic E-state index is -1.91. The summed E-state index contributed by atoms with van der Waals surface area (Å²) in [5, 5.41) is 102. The lowest BCUT2D eigenvalue weighted by Crippen LogP contribution is -2.60. The SMILES string of the molecule is O=C(/C=C/c1ccc(O)c(O)c1)OCC1OC(Oc2cc(=O)cc3oc(-c4ccc(O)cc4)c(OC4OC(CO)C(O)C(O)C4O)cc2-3)C(O)C(O)C1O. The van der Waals surface area contributed by atoms with Crippen molar-refractivity contribution in [1.82, 2.24) is 0 Å². The first kappa shape index (κ1) is 38.4. The number of fused-ring (bicyclic) bond motifs is 1. The van der Waals surface area contributed by atoms with E-state index < -0.39 is 91.8 Å². The van der Waals surface area contributed by atoms with Gasteiger partial charge in [0, 0.05) is 23.8 Å². The van der Waals surface area contributed by atoms with Crippen LogP contribution in [-0.2, 0) is 19.0 Å². The van der Waals surface area contributed by atoms with Crippen molar-refractivity contribution in [2.24, 2.45) is 0 Å². The minimum Gasteiger partial charge on any atom is -0.508 e. The van der Waals surface area contributed by atoms with E-state index in [1.54, 1.807) is 0 Å². The number of carbonyl (C=O) groups is 1. The van der Waals surface area contributed by atoms with Gasteiger partial charge in [-0.05, 0) is 54.1 Å². The van der Waals surface area contributed by atoms with Crippen LogP contribution in [0, 0.1) is 0 Å². The van der Waals surface area contributed by atoms with Crippen LogP contribution in [0.3, 0.4) is 0 Å². The summed E-state index contributed by atoms with van der Waals surface area (Å²) in [5.74, 6) is -2.44. The number of phenols is 3. The number of ether oxygens (including phenoxy) is 5.